The zero-order valence-electron chi connectivity index (χ0n) is 8.80. The zero-order valence-corrected chi connectivity index (χ0v) is 8.80. The molecule has 2 rings (SSSR count). The van der Waals surface area contributed by atoms with Crippen molar-refractivity contribution in [1.82, 2.24) is 5.06 Å². The minimum Gasteiger partial charge on any atom is -0.492 e. The van der Waals surface area contributed by atoms with Crippen LogP contribution in [-0.4, -0.2) is 29.5 Å². The van der Waals surface area contributed by atoms with Gasteiger partial charge in [0.1, 0.15) is 12.4 Å². The molecule has 0 bridgehead atoms. The third kappa shape index (κ3) is 2.94. The van der Waals surface area contributed by atoms with Crippen LogP contribution in [-0.2, 0) is 0 Å². The van der Waals surface area contributed by atoms with Crippen LogP contribution in [0.15, 0.2) is 30.3 Å². The molecule has 3 heteroatoms. The summed E-state index contributed by atoms with van der Waals surface area (Å²) in [7, 11) is 0. The Morgan fingerprint density at radius 1 is 1.27 bits per heavy atom. The summed E-state index contributed by atoms with van der Waals surface area (Å²) in [6.07, 6.45) is 3.28. The van der Waals surface area contributed by atoms with Gasteiger partial charge in [0.05, 0.1) is 6.04 Å². The van der Waals surface area contributed by atoms with Crippen LogP contribution in [0.25, 0.3) is 0 Å². The molecule has 0 aromatic heterocycles. The quantitative estimate of drug-likeness (QED) is 0.825. The summed E-state index contributed by atoms with van der Waals surface area (Å²) < 4.78 is 5.61. The maximum absolute atomic E-state index is 9.60. The SMILES string of the molecule is ON1CCCCC1COc1ccccc1. The van der Waals surface area contributed by atoms with Crippen LogP contribution in [0, 0.1) is 0 Å². The first-order chi connectivity index (χ1) is 7.36. The van der Waals surface area contributed by atoms with Crippen LogP contribution in [0.4, 0.5) is 0 Å². The maximum atomic E-state index is 9.60. The van der Waals surface area contributed by atoms with E-state index in [0.29, 0.717) is 6.61 Å². The highest BCUT2D eigenvalue weighted by Gasteiger charge is 2.20. The van der Waals surface area contributed by atoms with Crippen LogP contribution in [0.1, 0.15) is 19.3 Å². The lowest BCUT2D eigenvalue weighted by Gasteiger charge is -2.30. The molecule has 1 unspecified atom stereocenters. The molecule has 0 spiro atoms. The van der Waals surface area contributed by atoms with E-state index in [1.807, 2.05) is 30.3 Å². The van der Waals surface area contributed by atoms with Crippen molar-refractivity contribution in [2.24, 2.45) is 0 Å². The van der Waals surface area contributed by atoms with Crippen molar-refractivity contribution in [3.05, 3.63) is 30.3 Å². The molecule has 1 N–H and O–H groups in total. The van der Waals surface area contributed by atoms with Crippen molar-refractivity contribution in [3.8, 4) is 5.75 Å². The Bertz CT molecular complexity index is 289. The van der Waals surface area contributed by atoms with Gasteiger partial charge in [-0.05, 0) is 25.0 Å². The van der Waals surface area contributed by atoms with Gasteiger partial charge in [0, 0.05) is 6.54 Å². The van der Waals surface area contributed by atoms with Gasteiger partial charge >= 0.3 is 0 Å². The molecule has 1 heterocycles. The number of benzene rings is 1. The lowest BCUT2D eigenvalue weighted by atomic mass is 10.1. The topological polar surface area (TPSA) is 32.7 Å². The first-order valence-electron chi connectivity index (χ1n) is 5.49. The Kier molecular flexibility index (Phi) is 3.59. The third-order valence-electron chi connectivity index (χ3n) is 2.78. The summed E-state index contributed by atoms with van der Waals surface area (Å²) in [6, 6.07) is 9.89. The molecule has 1 atom stereocenters. The lowest BCUT2D eigenvalue weighted by molar-refractivity contribution is -0.149. The molecule has 82 valence electrons. The van der Waals surface area contributed by atoms with E-state index in [1.54, 1.807) is 0 Å². The molecule has 1 aliphatic heterocycles. The third-order valence-corrected chi connectivity index (χ3v) is 2.78. The minimum atomic E-state index is 0.152. The highest BCUT2D eigenvalue weighted by atomic mass is 16.5. The molecule has 0 amide bonds. The Labute approximate surface area is 90.2 Å². The largest absolute Gasteiger partial charge is 0.492 e. The van der Waals surface area contributed by atoms with Crippen LogP contribution < -0.4 is 4.74 Å². The smallest absolute Gasteiger partial charge is 0.119 e. The number of rotatable bonds is 3. The molecule has 0 saturated carbocycles. The molecular weight excluding hydrogens is 190 g/mol. The van der Waals surface area contributed by atoms with Crippen LogP contribution >= 0.6 is 0 Å². The van der Waals surface area contributed by atoms with E-state index >= 15 is 0 Å². The van der Waals surface area contributed by atoms with Gasteiger partial charge in [-0.3, -0.25) is 0 Å². The van der Waals surface area contributed by atoms with E-state index in [-0.39, 0.29) is 6.04 Å². The van der Waals surface area contributed by atoms with Crippen LogP contribution in [0.3, 0.4) is 0 Å². The number of hydroxylamine groups is 2. The summed E-state index contributed by atoms with van der Waals surface area (Å²) in [4.78, 5) is 0. The number of ether oxygens (including phenoxy) is 1. The fourth-order valence-electron chi connectivity index (χ4n) is 1.86. The molecule has 0 radical (unpaired) electrons. The van der Waals surface area contributed by atoms with Crippen molar-refractivity contribution >= 4 is 0 Å². The van der Waals surface area contributed by atoms with Crippen molar-refractivity contribution in [3.63, 3.8) is 0 Å². The normalized spacial score (nSPS) is 22.6. The molecule has 1 aromatic rings. The fraction of sp³-hybridized carbons (Fsp3) is 0.500. The van der Waals surface area contributed by atoms with Crippen molar-refractivity contribution in [2.75, 3.05) is 13.2 Å². The zero-order chi connectivity index (χ0) is 10.5. The first-order valence-corrected chi connectivity index (χ1v) is 5.49. The highest BCUT2D eigenvalue weighted by molar-refractivity contribution is 5.20. The van der Waals surface area contributed by atoms with Gasteiger partial charge in [-0.15, -0.1) is 0 Å². The van der Waals surface area contributed by atoms with Gasteiger partial charge < -0.3 is 9.94 Å². The van der Waals surface area contributed by atoms with Gasteiger partial charge in [-0.2, -0.15) is 5.06 Å². The van der Waals surface area contributed by atoms with Gasteiger partial charge in [-0.1, -0.05) is 24.6 Å². The summed E-state index contributed by atoms with van der Waals surface area (Å²) in [5.41, 5.74) is 0. The van der Waals surface area contributed by atoms with Gasteiger partial charge in [-0.25, -0.2) is 0 Å². The summed E-state index contributed by atoms with van der Waals surface area (Å²) in [5, 5.41) is 11.0. The molecule has 1 aromatic carbocycles. The van der Waals surface area contributed by atoms with Gasteiger partial charge in [0.25, 0.3) is 0 Å². The Morgan fingerprint density at radius 3 is 2.80 bits per heavy atom. The van der Waals surface area contributed by atoms with Crippen LogP contribution in [0.5, 0.6) is 5.75 Å². The average Bonchev–Trinajstić information content (AvgIpc) is 2.29. The maximum Gasteiger partial charge on any atom is 0.119 e. The van der Waals surface area contributed by atoms with Gasteiger partial charge in [0.15, 0.2) is 0 Å². The standard InChI is InChI=1S/C12H17NO2/c14-13-9-5-4-6-11(13)10-15-12-7-2-1-3-8-12/h1-3,7-8,11,14H,4-6,9-10H2. The Morgan fingerprint density at radius 2 is 2.07 bits per heavy atom. The van der Waals surface area contributed by atoms with E-state index in [0.717, 1.165) is 25.1 Å². The molecule has 15 heavy (non-hydrogen) atoms. The van der Waals surface area contributed by atoms with E-state index in [2.05, 4.69) is 0 Å². The van der Waals surface area contributed by atoms with E-state index < -0.39 is 0 Å². The van der Waals surface area contributed by atoms with Crippen molar-refractivity contribution in [2.45, 2.75) is 25.3 Å². The summed E-state index contributed by atoms with van der Waals surface area (Å²) in [5.74, 6) is 0.872. The second-order valence-electron chi connectivity index (χ2n) is 3.94. The van der Waals surface area contributed by atoms with E-state index in [1.165, 1.54) is 11.5 Å². The number of piperidine rings is 1. The van der Waals surface area contributed by atoms with Crippen LogP contribution in [0.2, 0.25) is 0 Å². The molecule has 1 fully saturated rings. The highest BCUT2D eigenvalue weighted by Crippen LogP contribution is 2.16. The Balaban J connectivity index is 1.82. The molecule has 1 saturated heterocycles. The summed E-state index contributed by atoms with van der Waals surface area (Å²) in [6.45, 7) is 1.34. The monoisotopic (exact) mass is 207 g/mol. The van der Waals surface area contributed by atoms with E-state index in [4.69, 9.17) is 4.74 Å². The first kappa shape index (κ1) is 10.5. The predicted octanol–water partition coefficient (Wildman–Crippen LogP) is 2.31. The number of hydrogen-bond donors (Lipinski definition) is 1. The van der Waals surface area contributed by atoms with Crippen molar-refractivity contribution in [1.29, 1.82) is 0 Å². The van der Waals surface area contributed by atoms with E-state index in [9.17, 15) is 5.21 Å². The Hall–Kier alpha value is -1.06. The molecule has 3 nitrogen and oxygen atoms in total. The second-order valence-corrected chi connectivity index (χ2v) is 3.94. The molecule has 0 aliphatic carbocycles. The number of para-hydroxylation sites is 1. The number of nitrogens with zero attached hydrogens (tertiary/aromatic N) is 1. The minimum absolute atomic E-state index is 0.152. The predicted molar refractivity (Wildman–Crippen MR) is 58.1 cm³/mol. The molecular formula is C12H17NO2. The average molecular weight is 207 g/mol. The second kappa shape index (κ2) is 5.14. The molecule has 1 aliphatic rings. The summed E-state index contributed by atoms with van der Waals surface area (Å²) >= 11 is 0. The lowest BCUT2D eigenvalue weighted by Crippen LogP contribution is -2.40. The number of hydrogen-bond acceptors (Lipinski definition) is 3. The van der Waals surface area contributed by atoms with Gasteiger partial charge in [0.2, 0.25) is 0 Å². The fourth-order valence-corrected chi connectivity index (χ4v) is 1.86. The van der Waals surface area contributed by atoms with Crippen molar-refractivity contribution < 1.29 is 9.94 Å².